The molecule has 2 aliphatic rings. The maximum atomic E-state index is 10.8. The third-order valence-electron chi connectivity index (χ3n) is 5.38. The van der Waals surface area contributed by atoms with Crippen molar-refractivity contribution < 1.29 is 19.0 Å². The van der Waals surface area contributed by atoms with Crippen LogP contribution in [-0.2, 0) is 13.9 Å². The van der Waals surface area contributed by atoms with Gasteiger partial charge >= 0.3 is 0 Å². The van der Waals surface area contributed by atoms with Gasteiger partial charge in [0.05, 0.1) is 11.7 Å². The van der Waals surface area contributed by atoms with Crippen molar-refractivity contribution in [3.05, 3.63) is 0 Å². The highest BCUT2D eigenvalue weighted by Gasteiger charge is 2.60. The highest BCUT2D eigenvalue weighted by molar-refractivity contribution is 6.74. The lowest BCUT2D eigenvalue weighted by Crippen LogP contribution is -2.49. The predicted molar refractivity (Wildman–Crippen MR) is 81.1 cm³/mol. The fourth-order valence-corrected chi connectivity index (χ4v) is 4.52. The van der Waals surface area contributed by atoms with Gasteiger partial charge in [-0.2, -0.15) is 0 Å². The molecule has 4 nitrogen and oxygen atoms in total. The van der Waals surface area contributed by atoms with E-state index in [-0.39, 0.29) is 23.5 Å². The molecule has 1 N–H and O–H groups in total. The summed E-state index contributed by atoms with van der Waals surface area (Å²) in [6.07, 6.45) is 0.702. The molecule has 5 atom stereocenters. The van der Waals surface area contributed by atoms with E-state index in [1.54, 1.807) is 7.11 Å². The Bertz CT molecular complexity index is 365. The zero-order valence-electron chi connectivity index (χ0n) is 13.9. The first-order valence-corrected chi connectivity index (χ1v) is 10.5. The maximum absolute atomic E-state index is 10.8. The number of methoxy groups -OCH3 is 1. The van der Waals surface area contributed by atoms with E-state index < -0.39 is 13.9 Å². The SMILES string of the molecule is CO[C@@H]1C[C@@]2(O)C[C@H](C)C(O[Si](C)(C)C(C)(C)C)[C@H]2O1. The Morgan fingerprint density at radius 1 is 1.25 bits per heavy atom. The van der Waals surface area contributed by atoms with Gasteiger partial charge in [-0.1, -0.05) is 27.7 Å². The molecule has 1 aliphatic heterocycles. The van der Waals surface area contributed by atoms with E-state index >= 15 is 0 Å². The van der Waals surface area contributed by atoms with E-state index in [1.165, 1.54) is 0 Å². The van der Waals surface area contributed by atoms with Crippen LogP contribution in [0.1, 0.15) is 40.5 Å². The molecule has 118 valence electrons. The van der Waals surface area contributed by atoms with Gasteiger partial charge in [-0.3, -0.25) is 0 Å². The summed E-state index contributed by atoms with van der Waals surface area (Å²) in [7, 11) is -0.242. The summed E-state index contributed by atoms with van der Waals surface area (Å²) in [5, 5.41) is 11.0. The first kappa shape index (κ1) is 16.4. The Balaban J connectivity index is 2.16. The average Bonchev–Trinajstić information content (AvgIpc) is 2.70. The molecule has 0 aromatic rings. The molecule has 0 aromatic heterocycles. The van der Waals surface area contributed by atoms with Gasteiger partial charge < -0.3 is 19.0 Å². The maximum Gasteiger partial charge on any atom is 0.192 e. The van der Waals surface area contributed by atoms with Crippen LogP contribution in [0, 0.1) is 5.92 Å². The van der Waals surface area contributed by atoms with Crippen LogP contribution in [0.5, 0.6) is 0 Å². The molecule has 20 heavy (non-hydrogen) atoms. The molecule has 0 aromatic carbocycles. The van der Waals surface area contributed by atoms with Crippen LogP contribution in [-0.4, -0.2) is 44.6 Å². The third kappa shape index (κ3) is 2.71. The highest BCUT2D eigenvalue weighted by atomic mass is 28.4. The fourth-order valence-electron chi connectivity index (χ4n) is 3.13. The molecule has 5 heteroatoms. The number of aliphatic hydroxyl groups is 1. The van der Waals surface area contributed by atoms with Crippen molar-refractivity contribution in [2.24, 2.45) is 5.92 Å². The van der Waals surface area contributed by atoms with Gasteiger partial charge in [-0.15, -0.1) is 0 Å². The minimum atomic E-state index is -1.87. The summed E-state index contributed by atoms with van der Waals surface area (Å²) in [5.74, 6) is 0.317. The topological polar surface area (TPSA) is 47.9 Å². The molecule has 1 saturated carbocycles. The van der Waals surface area contributed by atoms with Crippen molar-refractivity contribution in [2.75, 3.05) is 7.11 Å². The lowest BCUT2D eigenvalue weighted by Gasteiger charge is -2.40. The summed E-state index contributed by atoms with van der Waals surface area (Å²) >= 11 is 0. The van der Waals surface area contributed by atoms with Crippen molar-refractivity contribution in [2.45, 2.75) is 82.8 Å². The Hall–Kier alpha value is 0.0569. The first-order chi connectivity index (χ1) is 9.00. The summed E-state index contributed by atoms with van der Waals surface area (Å²) in [5.41, 5.74) is -0.785. The molecular weight excluding hydrogens is 272 g/mol. The van der Waals surface area contributed by atoms with Crippen LogP contribution >= 0.6 is 0 Å². The van der Waals surface area contributed by atoms with E-state index in [0.29, 0.717) is 12.3 Å². The summed E-state index contributed by atoms with van der Waals surface area (Å²) < 4.78 is 17.7. The molecule has 2 fully saturated rings. The Labute approximate surface area is 123 Å². The highest BCUT2D eigenvalue weighted by Crippen LogP contribution is 2.49. The Morgan fingerprint density at radius 3 is 2.35 bits per heavy atom. The zero-order chi connectivity index (χ0) is 15.3. The standard InChI is InChI=1S/C15H30O4Si/c1-10-8-15(16)9-11(17-5)18-13(15)12(10)19-20(6,7)14(2,3)4/h10-13,16H,8-9H2,1-7H3/t10-,11-,12?,13+,15-/m0/s1. The molecule has 0 radical (unpaired) electrons. The molecule has 0 bridgehead atoms. The van der Waals surface area contributed by atoms with E-state index in [2.05, 4.69) is 40.8 Å². The predicted octanol–water partition coefficient (Wildman–Crippen LogP) is 2.91. The molecule has 2 rings (SSSR count). The Kier molecular flexibility index (Phi) is 4.15. The molecule has 1 aliphatic carbocycles. The minimum Gasteiger partial charge on any atom is -0.411 e. The van der Waals surface area contributed by atoms with Crippen molar-refractivity contribution in [1.82, 2.24) is 0 Å². The van der Waals surface area contributed by atoms with Gasteiger partial charge in [0, 0.05) is 13.5 Å². The summed E-state index contributed by atoms with van der Waals surface area (Å²) in [6, 6.07) is 0. The zero-order valence-corrected chi connectivity index (χ0v) is 14.9. The smallest absolute Gasteiger partial charge is 0.192 e. The van der Waals surface area contributed by atoms with E-state index in [9.17, 15) is 5.11 Å². The Morgan fingerprint density at radius 2 is 1.85 bits per heavy atom. The summed E-state index contributed by atoms with van der Waals surface area (Å²) in [6.45, 7) is 13.4. The van der Waals surface area contributed by atoms with Gasteiger partial charge in [0.2, 0.25) is 0 Å². The quantitative estimate of drug-likeness (QED) is 0.814. The van der Waals surface area contributed by atoms with Gasteiger partial charge in [-0.25, -0.2) is 0 Å². The van der Waals surface area contributed by atoms with Crippen LogP contribution in [0.3, 0.4) is 0 Å². The molecule has 1 unspecified atom stereocenters. The number of ether oxygens (including phenoxy) is 2. The second-order valence-corrected chi connectivity index (χ2v) is 12.8. The molecule has 0 spiro atoms. The number of rotatable bonds is 3. The van der Waals surface area contributed by atoms with E-state index in [0.717, 1.165) is 6.42 Å². The molecule has 1 saturated heterocycles. The minimum absolute atomic E-state index is 0.0268. The molecule has 1 heterocycles. The fraction of sp³-hybridized carbons (Fsp3) is 1.00. The molecular formula is C15H30O4Si. The van der Waals surface area contributed by atoms with Gasteiger partial charge in [0.25, 0.3) is 0 Å². The van der Waals surface area contributed by atoms with Gasteiger partial charge in [0.1, 0.15) is 6.10 Å². The number of hydrogen-bond donors (Lipinski definition) is 1. The van der Waals surface area contributed by atoms with Crippen LogP contribution < -0.4 is 0 Å². The lowest BCUT2D eigenvalue weighted by molar-refractivity contribution is -0.143. The van der Waals surface area contributed by atoms with Crippen LogP contribution in [0.2, 0.25) is 18.1 Å². The monoisotopic (exact) mass is 302 g/mol. The second kappa shape index (κ2) is 5.06. The van der Waals surface area contributed by atoms with E-state index in [4.69, 9.17) is 13.9 Å². The van der Waals surface area contributed by atoms with Gasteiger partial charge in [0.15, 0.2) is 14.6 Å². The lowest BCUT2D eigenvalue weighted by atomic mass is 9.97. The normalized spacial score (nSPS) is 42.0. The van der Waals surface area contributed by atoms with Crippen molar-refractivity contribution >= 4 is 8.32 Å². The van der Waals surface area contributed by atoms with Crippen molar-refractivity contribution in [3.8, 4) is 0 Å². The van der Waals surface area contributed by atoms with Crippen molar-refractivity contribution in [1.29, 1.82) is 0 Å². The molecule has 0 amide bonds. The largest absolute Gasteiger partial charge is 0.411 e. The van der Waals surface area contributed by atoms with Crippen LogP contribution in [0.4, 0.5) is 0 Å². The third-order valence-corrected chi connectivity index (χ3v) is 9.86. The van der Waals surface area contributed by atoms with Crippen LogP contribution in [0.15, 0.2) is 0 Å². The van der Waals surface area contributed by atoms with Crippen LogP contribution in [0.25, 0.3) is 0 Å². The number of fused-ring (bicyclic) bond motifs is 1. The van der Waals surface area contributed by atoms with E-state index in [1.807, 2.05) is 0 Å². The first-order valence-electron chi connectivity index (χ1n) is 7.59. The van der Waals surface area contributed by atoms with Gasteiger partial charge in [-0.05, 0) is 30.5 Å². The average molecular weight is 302 g/mol. The number of hydrogen-bond acceptors (Lipinski definition) is 4. The second-order valence-electron chi connectivity index (χ2n) is 8.05. The summed E-state index contributed by atoms with van der Waals surface area (Å²) in [4.78, 5) is 0. The van der Waals surface area contributed by atoms with Crippen molar-refractivity contribution in [3.63, 3.8) is 0 Å².